The van der Waals surface area contributed by atoms with Gasteiger partial charge in [-0.25, -0.2) is 10.8 Å². The van der Waals surface area contributed by atoms with Gasteiger partial charge in [0.2, 0.25) is 0 Å². The summed E-state index contributed by atoms with van der Waals surface area (Å²) in [6, 6.07) is 0.372. The van der Waals surface area contributed by atoms with Gasteiger partial charge in [-0.1, -0.05) is 6.92 Å². The van der Waals surface area contributed by atoms with Crippen molar-refractivity contribution in [1.29, 1.82) is 0 Å². The number of rotatable bonds is 6. The van der Waals surface area contributed by atoms with E-state index in [1.807, 2.05) is 11.8 Å². The molecular formula is C9H17N5S. The Bertz CT molecular complexity index is 294. The quantitative estimate of drug-likeness (QED) is 0.502. The van der Waals surface area contributed by atoms with Crippen molar-refractivity contribution in [1.82, 2.24) is 9.97 Å². The predicted molar refractivity (Wildman–Crippen MR) is 65.9 cm³/mol. The molecule has 5 nitrogen and oxygen atoms in total. The average molecular weight is 227 g/mol. The number of hydrogen-bond donors (Lipinski definition) is 3. The Kier molecular flexibility index (Phi) is 5.20. The lowest BCUT2D eigenvalue weighted by Crippen LogP contribution is -2.19. The first-order valence-corrected chi connectivity index (χ1v) is 6.04. The van der Waals surface area contributed by atoms with Crippen LogP contribution in [0.4, 0.5) is 11.6 Å². The Morgan fingerprint density at radius 3 is 2.87 bits per heavy atom. The lowest BCUT2D eigenvalue weighted by atomic mass is 10.4. The largest absolute Gasteiger partial charge is 0.365 e. The molecule has 0 aliphatic rings. The summed E-state index contributed by atoms with van der Waals surface area (Å²) >= 11 is 1.89. The topological polar surface area (TPSA) is 75.9 Å². The van der Waals surface area contributed by atoms with Gasteiger partial charge in [0.1, 0.15) is 5.82 Å². The smallest absolute Gasteiger partial charge is 0.160 e. The highest BCUT2D eigenvalue weighted by Crippen LogP contribution is 2.09. The Morgan fingerprint density at radius 1 is 1.47 bits per heavy atom. The van der Waals surface area contributed by atoms with E-state index in [1.165, 1.54) is 0 Å². The minimum atomic E-state index is 0.372. The van der Waals surface area contributed by atoms with Crippen LogP contribution in [0.5, 0.6) is 0 Å². The van der Waals surface area contributed by atoms with Crippen molar-refractivity contribution in [2.75, 3.05) is 22.2 Å². The highest BCUT2D eigenvalue weighted by Gasteiger charge is 2.03. The zero-order valence-electron chi connectivity index (χ0n) is 9.03. The molecule has 1 aromatic rings. The van der Waals surface area contributed by atoms with Crippen LogP contribution in [0.15, 0.2) is 12.4 Å². The van der Waals surface area contributed by atoms with Gasteiger partial charge in [-0.2, -0.15) is 11.8 Å². The van der Waals surface area contributed by atoms with Gasteiger partial charge in [-0.3, -0.25) is 4.98 Å². The third-order valence-electron chi connectivity index (χ3n) is 1.75. The van der Waals surface area contributed by atoms with Crippen molar-refractivity contribution < 1.29 is 0 Å². The van der Waals surface area contributed by atoms with Crippen LogP contribution in [0, 0.1) is 0 Å². The van der Waals surface area contributed by atoms with Crippen molar-refractivity contribution >= 4 is 23.4 Å². The van der Waals surface area contributed by atoms with Crippen LogP contribution in [-0.4, -0.2) is 27.5 Å². The lowest BCUT2D eigenvalue weighted by Gasteiger charge is -2.13. The van der Waals surface area contributed by atoms with Gasteiger partial charge < -0.3 is 10.7 Å². The van der Waals surface area contributed by atoms with Gasteiger partial charge in [0.05, 0.1) is 12.4 Å². The lowest BCUT2D eigenvalue weighted by molar-refractivity contribution is 0.898. The maximum absolute atomic E-state index is 5.25. The summed E-state index contributed by atoms with van der Waals surface area (Å²) in [7, 11) is 0. The number of anilines is 2. The fourth-order valence-electron chi connectivity index (χ4n) is 1.09. The molecule has 6 heteroatoms. The Morgan fingerprint density at radius 2 is 2.20 bits per heavy atom. The molecule has 0 fully saturated rings. The van der Waals surface area contributed by atoms with E-state index >= 15 is 0 Å². The van der Waals surface area contributed by atoms with E-state index in [9.17, 15) is 0 Å². The summed E-state index contributed by atoms with van der Waals surface area (Å²) in [6.07, 6.45) is 3.27. The first-order valence-electron chi connectivity index (χ1n) is 4.89. The van der Waals surface area contributed by atoms with Crippen molar-refractivity contribution in [2.45, 2.75) is 19.9 Å². The number of hydrazine groups is 1. The minimum absolute atomic E-state index is 0.372. The minimum Gasteiger partial charge on any atom is -0.365 e. The molecule has 1 aromatic heterocycles. The maximum atomic E-state index is 5.25. The van der Waals surface area contributed by atoms with Crippen LogP contribution in [0.1, 0.15) is 13.8 Å². The summed E-state index contributed by atoms with van der Waals surface area (Å²) < 4.78 is 0. The number of nitrogens with zero attached hydrogens (tertiary/aromatic N) is 2. The Hall–Kier alpha value is -1.01. The van der Waals surface area contributed by atoms with Crippen LogP contribution in [-0.2, 0) is 0 Å². The Labute approximate surface area is 94.2 Å². The van der Waals surface area contributed by atoms with Crippen molar-refractivity contribution in [2.24, 2.45) is 5.84 Å². The van der Waals surface area contributed by atoms with Crippen LogP contribution in [0.2, 0.25) is 0 Å². The second-order valence-electron chi connectivity index (χ2n) is 3.14. The molecule has 0 radical (unpaired) electrons. The van der Waals surface area contributed by atoms with E-state index in [4.69, 9.17) is 5.84 Å². The molecule has 0 aliphatic heterocycles. The second-order valence-corrected chi connectivity index (χ2v) is 4.46. The fourth-order valence-corrected chi connectivity index (χ4v) is 1.77. The van der Waals surface area contributed by atoms with Gasteiger partial charge >= 0.3 is 0 Å². The molecule has 0 bridgehead atoms. The maximum Gasteiger partial charge on any atom is 0.160 e. The number of nitrogens with two attached hydrogens (primary N) is 1. The van der Waals surface area contributed by atoms with E-state index < -0.39 is 0 Å². The number of hydrogen-bond acceptors (Lipinski definition) is 6. The van der Waals surface area contributed by atoms with Gasteiger partial charge in [0, 0.05) is 11.8 Å². The number of thioether (sulfide) groups is 1. The first kappa shape index (κ1) is 12.1. The van der Waals surface area contributed by atoms with Crippen LogP contribution < -0.4 is 16.6 Å². The molecule has 4 N–H and O–H groups in total. The van der Waals surface area contributed by atoms with E-state index in [0.29, 0.717) is 11.9 Å². The molecule has 1 rings (SSSR count). The summed E-state index contributed by atoms with van der Waals surface area (Å²) in [6.45, 7) is 4.27. The zero-order valence-corrected chi connectivity index (χ0v) is 9.84. The van der Waals surface area contributed by atoms with Crippen LogP contribution >= 0.6 is 11.8 Å². The van der Waals surface area contributed by atoms with Gasteiger partial charge in [-0.15, -0.1) is 0 Å². The van der Waals surface area contributed by atoms with Crippen molar-refractivity contribution in [3.05, 3.63) is 12.4 Å². The molecule has 0 amide bonds. The molecular weight excluding hydrogens is 210 g/mol. The molecule has 1 unspecified atom stereocenters. The molecule has 1 atom stereocenters. The molecule has 0 saturated heterocycles. The zero-order chi connectivity index (χ0) is 11.1. The van der Waals surface area contributed by atoms with Crippen molar-refractivity contribution in [3.8, 4) is 0 Å². The third kappa shape index (κ3) is 4.35. The normalized spacial score (nSPS) is 12.2. The number of nitrogen functional groups attached to an aromatic ring is 1. The van der Waals surface area contributed by atoms with E-state index in [0.717, 1.165) is 17.3 Å². The molecule has 0 aliphatic carbocycles. The molecule has 0 saturated carbocycles. The summed E-state index contributed by atoms with van der Waals surface area (Å²) in [4.78, 5) is 8.23. The van der Waals surface area contributed by atoms with E-state index in [2.05, 4.69) is 34.6 Å². The monoisotopic (exact) mass is 227 g/mol. The molecule has 1 heterocycles. The van der Waals surface area contributed by atoms with Gasteiger partial charge in [0.25, 0.3) is 0 Å². The molecule has 84 valence electrons. The van der Waals surface area contributed by atoms with Gasteiger partial charge in [0.15, 0.2) is 5.82 Å². The van der Waals surface area contributed by atoms with E-state index in [1.54, 1.807) is 12.4 Å². The third-order valence-corrected chi connectivity index (χ3v) is 2.89. The molecule has 0 aromatic carbocycles. The summed E-state index contributed by atoms with van der Waals surface area (Å²) in [5.74, 6) is 8.74. The SMILES string of the molecule is CCSCC(C)Nc1cncc(NN)n1. The highest BCUT2D eigenvalue weighted by atomic mass is 32.2. The highest BCUT2D eigenvalue weighted by molar-refractivity contribution is 7.99. The summed E-state index contributed by atoms with van der Waals surface area (Å²) in [5.41, 5.74) is 2.46. The van der Waals surface area contributed by atoms with Crippen LogP contribution in [0.25, 0.3) is 0 Å². The fraction of sp³-hybridized carbons (Fsp3) is 0.556. The molecule has 15 heavy (non-hydrogen) atoms. The second kappa shape index (κ2) is 6.47. The number of aromatic nitrogens is 2. The summed E-state index contributed by atoms with van der Waals surface area (Å²) in [5, 5.41) is 3.26. The van der Waals surface area contributed by atoms with Crippen LogP contribution in [0.3, 0.4) is 0 Å². The average Bonchev–Trinajstić information content (AvgIpc) is 2.26. The van der Waals surface area contributed by atoms with Crippen molar-refractivity contribution in [3.63, 3.8) is 0 Å². The molecule has 0 spiro atoms. The first-order chi connectivity index (χ1) is 7.26. The number of nitrogens with one attached hydrogen (secondary N) is 2. The Balaban J connectivity index is 2.48. The standard InChI is InChI=1S/C9H17N5S/c1-3-15-6-7(2)12-8-4-11-5-9(13-8)14-10/h4-5,7H,3,6,10H2,1-2H3,(H2,12,13,14). The van der Waals surface area contributed by atoms with E-state index in [-0.39, 0.29) is 0 Å². The van der Waals surface area contributed by atoms with Gasteiger partial charge in [-0.05, 0) is 12.7 Å². The predicted octanol–water partition coefficient (Wildman–Crippen LogP) is 1.32.